The molecule has 0 unspecified atom stereocenters. The second kappa shape index (κ2) is 6.81. The summed E-state index contributed by atoms with van der Waals surface area (Å²) in [6, 6.07) is 6.71. The number of carbonyl (C=O) groups is 2. The van der Waals surface area contributed by atoms with Crippen molar-refractivity contribution in [3.05, 3.63) is 52.2 Å². The van der Waals surface area contributed by atoms with E-state index < -0.39 is 27.5 Å². The summed E-state index contributed by atoms with van der Waals surface area (Å²) in [5, 5.41) is 0. The number of rotatable bonds is 6. The molecule has 3 rings (SSSR count). The molecular formula is C18H19FN2O4S2. The number of hydrogen-bond donors (Lipinski definition) is 1. The smallest absolute Gasteiger partial charge is 0.252 e. The fraction of sp³-hybridized carbons (Fsp3) is 0.333. The monoisotopic (exact) mass is 410 g/mol. The number of ketones is 1. The Morgan fingerprint density at radius 1 is 1.22 bits per heavy atom. The van der Waals surface area contributed by atoms with Crippen molar-refractivity contribution in [1.82, 2.24) is 4.31 Å². The van der Waals surface area contributed by atoms with Crippen molar-refractivity contribution < 1.29 is 22.4 Å². The van der Waals surface area contributed by atoms with Gasteiger partial charge in [-0.15, -0.1) is 11.3 Å². The van der Waals surface area contributed by atoms with Gasteiger partial charge in [-0.05, 0) is 23.6 Å². The Balaban J connectivity index is 1.92. The Kier molecular flexibility index (Phi) is 4.96. The fourth-order valence-corrected chi connectivity index (χ4v) is 6.50. The van der Waals surface area contributed by atoms with Gasteiger partial charge in [0, 0.05) is 24.4 Å². The van der Waals surface area contributed by atoms with E-state index in [-0.39, 0.29) is 32.0 Å². The van der Waals surface area contributed by atoms with Gasteiger partial charge in [0.05, 0.1) is 11.1 Å². The molecule has 2 N–H and O–H groups in total. The SMILES string of the molecule is CC1(C)CN(S(=O)(=O)c2cc(C(N)=O)c(CC(=O)c3ccccc3F)s2)C1. The van der Waals surface area contributed by atoms with Crippen molar-refractivity contribution in [3.63, 3.8) is 0 Å². The number of hydrogen-bond acceptors (Lipinski definition) is 5. The molecule has 0 atom stereocenters. The number of amides is 1. The minimum Gasteiger partial charge on any atom is -0.366 e. The van der Waals surface area contributed by atoms with Gasteiger partial charge in [0.25, 0.3) is 10.0 Å². The molecule has 1 aliphatic rings. The van der Waals surface area contributed by atoms with Crippen LogP contribution in [0.1, 0.15) is 39.4 Å². The van der Waals surface area contributed by atoms with E-state index in [1.54, 1.807) is 0 Å². The standard InChI is InChI=1S/C18H19FN2O4S2/c1-18(2)9-21(10-18)27(24,25)16-7-12(17(20)23)15(26-16)8-14(22)11-5-3-4-6-13(11)19/h3-7H,8-10H2,1-2H3,(H2,20,23). The number of benzene rings is 1. The lowest BCUT2D eigenvalue weighted by Crippen LogP contribution is -2.55. The highest BCUT2D eigenvalue weighted by Crippen LogP contribution is 2.37. The predicted molar refractivity (Wildman–Crippen MR) is 99.8 cm³/mol. The van der Waals surface area contributed by atoms with Crippen LogP contribution >= 0.6 is 11.3 Å². The number of carbonyl (C=O) groups excluding carboxylic acids is 2. The number of thiophene rings is 1. The summed E-state index contributed by atoms with van der Waals surface area (Å²) < 4.78 is 40.6. The fourth-order valence-electron chi connectivity index (χ4n) is 3.01. The molecule has 0 saturated carbocycles. The predicted octanol–water partition coefficient (Wildman–Crippen LogP) is 2.44. The summed E-state index contributed by atoms with van der Waals surface area (Å²) in [7, 11) is -3.76. The molecule has 0 bridgehead atoms. The van der Waals surface area contributed by atoms with Gasteiger partial charge in [0.1, 0.15) is 10.0 Å². The van der Waals surface area contributed by atoms with Gasteiger partial charge in [0.15, 0.2) is 5.78 Å². The average molecular weight is 410 g/mol. The van der Waals surface area contributed by atoms with E-state index in [1.165, 1.54) is 28.6 Å². The highest BCUT2D eigenvalue weighted by molar-refractivity contribution is 7.91. The van der Waals surface area contributed by atoms with Crippen molar-refractivity contribution in [2.75, 3.05) is 13.1 Å². The van der Waals surface area contributed by atoms with Gasteiger partial charge in [-0.2, -0.15) is 4.31 Å². The molecule has 9 heteroatoms. The largest absolute Gasteiger partial charge is 0.366 e. The van der Waals surface area contributed by atoms with Crippen LogP contribution in [0.2, 0.25) is 0 Å². The second-order valence-corrected chi connectivity index (χ2v) is 10.6. The van der Waals surface area contributed by atoms with Gasteiger partial charge in [0.2, 0.25) is 5.91 Å². The summed E-state index contributed by atoms with van der Waals surface area (Å²) in [6.45, 7) is 4.67. The highest BCUT2D eigenvalue weighted by atomic mass is 32.2. The maximum atomic E-state index is 13.8. The third-order valence-electron chi connectivity index (χ3n) is 4.35. The van der Waals surface area contributed by atoms with Crippen LogP contribution < -0.4 is 5.73 Å². The number of nitrogens with two attached hydrogens (primary N) is 1. The Morgan fingerprint density at radius 2 is 1.85 bits per heavy atom. The van der Waals surface area contributed by atoms with Crippen molar-refractivity contribution in [2.45, 2.75) is 24.5 Å². The molecule has 1 saturated heterocycles. The molecular weight excluding hydrogens is 391 g/mol. The first-order chi connectivity index (χ1) is 12.5. The molecule has 2 aromatic rings. The van der Waals surface area contributed by atoms with Crippen LogP contribution in [-0.4, -0.2) is 37.5 Å². The minimum atomic E-state index is -3.76. The van der Waals surface area contributed by atoms with Gasteiger partial charge < -0.3 is 5.73 Å². The molecule has 0 radical (unpaired) electrons. The maximum absolute atomic E-state index is 13.8. The topological polar surface area (TPSA) is 97.5 Å². The molecule has 1 fully saturated rings. The summed E-state index contributed by atoms with van der Waals surface area (Å²) >= 11 is 0.828. The number of Topliss-reactive ketones (excluding diaryl/α,β-unsaturated/α-hetero) is 1. The molecule has 6 nitrogen and oxygen atoms in total. The van der Waals surface area contributed by atoms with Crippen molar-refractivity contribution >= 4 is 33.1 Å². The quantitative estimate of drug-likeness (QED) is 0.740. The van der Waals surface area contributed by atoms with Crippen LogP contribution in [0.3, 0.4) is 0 Å². The third kappa shape index (κ3) is 3.80. The van der Waals surface area contributed by atoms with Gasteiger partial charge in [-0.25, -0.2) is 12.8 Å². The summed E-state index contributed by atoms with van der Waals surface area (Å²) in [4.78, 5) is 24.4. The van der Waals surface area contributed by atoms with E-state index in [2.05, 4.69) is 0 Å². The zero-order chi connectivity index (χ0) is 20.0. The number of primary amides is 1. The minimum absolute atomic E-state index is 0.0250. The first-order valence-corrected chi connectivity index (χ1v) is 10.5. The van der Waals surface area contributed by atoms with Crippen LogP contribution in [-0.2, 0) is 16.4 Å². The molecule has 2 heterocycles. The third-order valence-corrected chi connectivity index (χ3v) is 7.73. The van der Waals surface area contributed by atoms with E-state index in [9.17, 15) is 22.4 Å². The van der Waals surface area contributed by atoms with Gasteiger partial charge in [-0.1, -0.05) is 26.0 Å². The number of halogens is 1. The lowest BCUT2D eigenvalue weighted by atomic mass is 9.87. The molecule has 1 amide bonds. The average Bonchev–Trinajstić information content (AvgIpc) is 2.97. The lowest BCUT2D eigenvalue weighted by Gasteiger charge is -2.44. The number of nitrogens with zero attached hydrogens (tertiary/aromatic N) is 1. The van der Waals surface area contributed by atoms with Crippen molar-refractivity contribution in [2.24, 2.45) is 11.1 Å². The lowest BCUT2D eigenvalue weighted by molar-refractivity contribution is 0.0989. The van der Waals surface area contributed by atoms with Crippen LogP contribution in [0.15, 0.2) is 34.5 Å². The van der Waals surface area contributed by atoms with Gasteiger partial charge in [-0.3, -0.25) is 9.59 Å². The van der Waals surface area contributed by atoms with Crippen LogP contribution in [0.4, 0.5) is 4.39 Å². The van der Waals surface area contributed by atoms with Crippen molar-refractivity contribution in [3.8, 4) is 0 Å². The van der Waals surface area contributed by atoms with Gasteiger partial charge >= 0.3 is 0 Å². The first kappa shape index (κ1) is 19.7. The molecule has 0 spiro atoms. The van der Waals surface area contributed by atoms with Crippen molar-refractivity contribution in [1.29, 1.82) is 0 Å². The Morgan fingerprint density at radius 3 is 2.41 bits per heavy atom. The van der Waals surface area contributed by atoms with Crippen LogP contribution in [0, 0.1) is 11.2 Å². The summed E-state index contributed by atoms with van der Waals surface area (Å²) in [5.41, 5.74) is 5.12. The molecule has 1 aromatic heterocycles. The normalized spacial score (nSPS) is 16.7. The maximum Gasteiger partial charge on any atom is 0.252 e. The highest BCUT2D eigenvalue weighted by Gasteiger charge is 2.43. The van der Waals surface area contributed by atoms with E-state index in [1.807, 2.05) is 13.8 Å². The molecule has 1 aliphatic heterocycles. The van der Waals surface area contributed by atoms with E-state index >= 15 is 0 Å². The summed E-state index contributed by atoms with van der Waals surface area (Å²) in [6.07, 6.45) is -0.301. The van der Waals surface area contributed by atoms with Crippen LogP contribution in [0.25, 0.3) is 0 Å². The van der Waals surface area contributed by atoms with E-state index in [4.69, 9.17) is 5.73 Å². The second-order valence-electron chi connectivity index (χ2n) is 7.28. The van der Waals surface area contributed by atoms with E-state index in [0.29, 0.717) is 13.1 Å². The molecule has 1 aromatic carbocycles. The number of sulfonamides is 1. The van der Waals surface area contributed by atoms with E-state index in [0.717, 1.165) is 17.4 Å². The summed E-state index contributed by atoms with van der Waals surface area (Å²) in [5.74, 6) is -2.05. The Hall–Kier alpha value is -2.10. The zero-order valence-electron chi connectivity index (χ0n) is 14.9. The molecule has 27 heavy (non-hydrogen) atoms. The molecule has 144 valence electrons. The Bertz CT molecular complexity index is 1020. The Labute approximate surface area is 160 Å². The van der Waals surface area contributed by atoms with Crippen LogP contribution in [0.5, 0.6) is 0 Å². The first-order valence-electron chi connectivity index (χ1n) is 8.22. The molecule has 0 aliphatic carbocycles. The zero-order valence-corrected chi connectivity index (χ0v) is 16.5.